The van der Waals surface area contributed by atoms with Gasteiger partial charge in [0.05, 0.1) is 0 Å². The van der Waals surface area contributed by atoms with Crippen molar-refractivity contribution in [1.82, 2.24) is 4.90 Å². The molecule has 1 aliphatic rings. The van der Waals surface area contributed by atoms with E-state index in [1.807, 2.05) is 23.1 Å². The summed E-state index contributed by atoms with van der Waals surface area (Å²) >= 11 is 0. The molecule has 0 saturated carbocycles. The van der Waals surface area contributed by atoms with Gasteiger partial charge < -0.3 is 10.0 Å². The quantitative estimate of drug-likeness (QED) is 0.786. The van der Waals surface area contributed by atoms with Crippen LogP contribution in [0.1, 0.15) is 31.2 Å². The topological polar surface area (TPSA) is 40.5 Å². The molecule has 86 valence electrons. The van der Waals surface area contributed by atoms with Crippen LogP contribution in [0, 0.1) is 0 Å². The molecule has 3 heteroatoms. The fourth-order valence-corrected chi connectivity index (χ4v) is 2.31. The van der Waals surface area contributed by atoms with Gasteiger partial charge in [0.1, 0.15) is 5.75 Å². The van der Waals surface area contributed by atoms with Crippen LogP contribution in [0.4, 0.5) is 0 Å². The van der Waals surface area contributed by atoms with Gasteiger partial charge in [-0.2, -0.15) is 0 Å². The molecule has 2 rings (SSSR count). The SMILES string of the molecule is CC(=O)N1CCC(c2cccc(O)c2)CC1. The number of rotatable bonds is 1. The number of benzene rings is 1. The maximum Gasteiger partial charge on any atom is 0.219 e. The highest BCUT2D eigenvalue weighted by atomic mass is 16.3. The average molecular weight is 219 g/mol. The van der Waals surface area contributed by atoms with Gasteiger partial charge in [0, 0.05) is 20.0 Å². The summed E-state index contributed by atoms with van der Waals surface area (Å²) < 4.78 is 0. The molecule has 1 N–H and O–H groups in total. The second-order valence-electron chi connectivity index (χ2n) is 4.38. The van der Waals surface area contributed by atoms with Gasteiger partial charge in [-0.1, -0.05) is 12.1 Å². The normalized spacial score (nSPS) is 17.4. The molecule has 0 atom stereocenters. The zero-order valence-electron chi connectivity index (χ0n) is 9.52. The molecule has 1 aromatic carbocycles. The van der Waals surface area contributed by atoms with E-state index in [0.717, 1.165) is 25.9 Å². The van der Waals surface area contributed by atoms with Crippen molar-refractivity contribution in [3.05, 3.63) is 29.8 Å². The molecule has 0 aromatic heterocycles. The Morgan fingerprint density at radius 2 is 2.06 bits per heavy atom. The van der Waals surface area contributed by atoms with Crippen molar-refractivity contribution in [3.63, 3.8) is 0 Å². The first-order valence-electron chi connectivity index (χ1n) is 5.71. The lowest BCUT2D eigenvalue weighted by Gasteiger charge is -2.31. The van der Waals surface area contributed by atoms with Gasteiger partial charge in [0.25, 0.3) is 0 Å². The van der Waals surface area contributed by atoms with Gasteiger partial charge in [0.2, 0.25) is 5.91 Å². The second-order valence-corrected chi connectivity index (χ2v) is 4.38. The number of phenols is 1. The molecule has 1 saturated heterocycles. The van der Waals surface area contributed by atoms with Crippen molar-refractivity contribution in [2.75, 3.05) is 13.1 Å². The van der Waals surface area contributed by atoms with Crippen LogP contribution in [0.2, 0.25) is 0 Å². The Morgan fingerprint density at radius 3 is 2.62 bits per heavy atom. The molecule has 1 fully saturated rings. The van der Waals surface area contributed by atoms with E-state index in [9.17, 15) is 9.90 Å². The number of hydrogen-bond donors (Lipinski definition) is 1. The van der Waals surface area contributed by atoms with Crippen LogP contribution >= 0.6 is 0 Å². The largest absolute Gasteiger partial charge is 0.508 e. The summed E-state index contributed by atoms with van der Waals surface area (Å²) in [4.78, 5) is 13.1. The molecule has 16 heavy (non-hydrogen) atoms. The van der Waals surface area contributed by atoms with E-state index >= 15 is 0 Å². The van der Waals surface area contributed by atoms with Crippen molar-refractivity contribution in [3.8, 4) is 5.75 Å². The zero-order chi connectivity index (χ0) is 11.5. The number of likely N-dealkylation sites (tertiary alicyclic amines) is 1. The number of carbonyl (C=O) groups excluding carboxylic acids is 1. The molecule has 3 nitrogen and oxygen atoms in total. The van der Waals surface area contributed by atoms with Gasteiger partial charge >= 0.3 is 0 Å². The molecule has 1 aliphatic heterocycles. The Hall–Kier alpha value is -1.51. The zero-order valence-corrected chi connectivity index (χ0v) is 9.52. The minimum Gasteiger partial charge on any atom is -0.508 e. The Balaban J connectivity index is 2.01. The lowest BCUT2D eigenvalue weighted by atomic mass is 9.89. The molecular weight excluding hydrogens is 202 g/mol. The lowest BCUT2D eigenvalue weighted by molar-refractivity contribution is -0.129. The van der Waals surface area contributed by atoms with E-state index in [2.05, 4.69) is 0 Å². The van der Waals surface area contributed by atoms with Crippen molar-refractivity contribution in [1.29, 1.82) is 0 Å². The van der Waals surface area contributed by atoms with Crippen LogP contribution in [0.15, 0.2) is 24.3 Å². The predicted octanol–water partition coefficient (Wildman–Crippen LogP) is 2.12. The van der Waals surface area contributed by atoms with Gasteiger partial charge in [-0.3, -0.25) is 4.79 Å². The monoisotopic (exact) mass is 219 g/mol. The van der Waals surface area contributed by atoms with Crippen LogP contribution in [0.3, 0.4) is 0 Å². The summed E-state index contributed by atoms with van der Waals surface area (Å²) in [6, 6.07) is 7.44. The predicted molar refractivity (Wildman–Crippen MR) is 62.3 cm³/mol. The van der Waals surface area contributed by atoms with Crippen molar-refractivity contribution < 1.29 is 9.90 Å². The summed E-state index contributed by atoms with van der Waals surface area (Å²) in [5.74, 6) is 0.962. The van der Waals surface area contributed by atoms with E-state index in [4.69, 9.17) is 0 Å². The number of aromatic hydroxyl groups is 1. The lowest BCUT2D eigenvalue weighted by Crippen LogP contribution is -2.36. The van der Waals surface area contributed by atoms with Gasteiger partial charge in [-0.15, -0.1) is 0 Å². The smallest absolute Gasteiger partial charge is 0.219 e. The summed E-state index contributed by atoms with van der Waals surface area (Å²) in [6.45, 7) is 3.28. The molecule has 1 heterocycles. The van der Waals surface area contributed by atoms with E-state index in [1.165, 1.54) is 5.56 Å². The van der Waals surface area contributed by atoms with Gasteiger partial charge in [-0.05, 0) is 36.5 Å². The summed E-state index contributed by atoms with van der Waals surface area (Å²) in [6.07, 6.45) is 1.98. The van der Waals surface area contributed by atoms with Crippen molar-refractivity contribution in [2.45, 2.75) is 25.7 Å². The highest BCUT2D eigenvalue weighted by molar-refractivity contribution is 5.73. The maximum absolute atomic E-state index is 11.2. The van der Waals surface area contributed by atoms with Crippen LogP contribution in [-0.2, 0) is 4.79 Å². The van der Waals surface area contributed by atoms with Crippen LogP contribution in [0.25, 0.3) is 0 Å². The van der Waals surface area contributed by atoms with Gasteiger partial charge in [-0.25, -0.2) is 0 Å². The Morgan fingerprint density at radius 1 is 1.38 bits per heavy atom. The number of piperidine rings is 1. The van der Waals surface area contributed by atoms with E-state index in [-0.39, 0.29) is 5.91 Å². The summed E-state index contributed by atoms with van der Waals surface area (Å²) in [5.41, 5.74) is 1.18. The van der Waals surface area contributed by atoms with E-state index in [0.29, 0.717) is 11.7 Å². The number of nitrogens with zero attached hydrogens (tertiary/aromatic N) is 1. The second kappa shape index (κ2) is 4.56. The number of carbonyl (C=O) groups is 1. The third-order valence-electron chi connectivity index (χ3n) is 3.28. The van der Waals surface area contributed by atoms with Crippen molar-refractivity contribution >= 4 is 5.91 Å². The van der Waals surface area contributed by atoms with Crippen molar-refractivity contribution in [2.24, 2.45) is 0 Å². The fraction of sp³-hybridized carbons (Fsp3) is 0.462. The average Bonchev–Trinajstić information content (AvgIpc) is 2.29. The Bertz CT molecular complexity index is 381. The standard InChI is InChI=1S/C13H17NO2/c1-10(15)14-7-5-11(6-8-14)12-3-2-4-13(16)9-12/h2-4,9,11,16H,5-8H2,1H3. The first-order valence-corrected chi connectivity index (χ1v) is 5.71. The maximum atomic E-state index is 11.2. The first-order chi connectivity index (χ1) is 7.66. The van der Waals surface area contributed by atoms with Crippen LogP contribution < -0.4 is 0 Å². The number of hydrogen-bond acceptors (Lipinski definition) is 2. The van der Waals surface area contributed by atoms with Crippen LogP contribution in [0.5, 0.6) is 5.75 Å². The molecule has 0 aliphatic carbocycles. The number of amides is 1. The summed E-state index contributed by atoms with van der Waals surface area (Å²) in [5, 5.41) is 9.42. The third kappa shape index (κ3) is 2.35. The molecule has 0 bridgehead atoms. The molecule has 0 unspecified atom stereocenters. The molecule has 1 amide bonds. The molecule has 0 spiro atoms. The minimum absolute atomic E-state index is 0.161. The highest BCUT2D eigenvalue weighted by Crippen LogP contribution is 2.29. The third-order valence-corrected chi connectivity index (χ3v) is 3.28. The van der Waals surface area contributed by atoms with Gasteiger partial charge in [0.15, 0.2) is 0 Å². The molecule has 0 radical (unpaired) electrons. The van der Waals surface area contributed by atoms with Crippen LogP contribution in [-0.4, -0.2) is 29.0 Å². The Labute approximate surface area is 95.7 Å². The molecular formula is C13H17NO2. The Kier molecular flexibility index (Phi) is 3.13. The van der Waals surface area contributed by atoms with E-state index < -0.39 is 0 Å². The first kappa shape index (κ1) is 11.0. The fourth-order valence-electron chi connectivity index (χ4n) is 2.31. The summed E-state index contributed by atoms with van der Waals surface area (Å²) in [7, 11) is 0. The minimum atomic E-state index is 0.161. The molecule has 1 aromatic rings. The van der Waals surface area contributed by atoms with E-state index in [1.54, 1.807) is 13.0 Å². The highest BCUT2D eigenvalue weighted by Gasteiger charge is 2.21. The number of phenolic OH excluding ortho intramolecular Hbond substituents is 1.